The fourth-order valence-electron chi connectivity index (χ4n) is 2.99. The van der Waals surface area contributed by atoms with Gasteiger partial charge in [0.15, 0.2) is 6.61 Å². The standard InChI is InChI=1S/C18H25N3O2/c1-15-5-2-3-11-21(15)12-4-10-20-18(22)14-23-17-8-6-16(13-19)7-9-17/h6-9,15H,2-5,10-12,14H2,1H3,(H,20,22)/p+1/t15-/m1/s1. The van der Waals surface area contributed by atoms with Crippen molar-refractivity contribution in [2.75, 3.05) is 26.2 Å². The predicted molar refractivity (Wildman–Crippen MR) is 88.3 cm³/mol. The lowest BCUT2D eigenvalue weighted by atomic mass is 10.0. The van der Waals surface area contributed by atoms with Gasteiger partial charge in [-0.05, 0) is 50.5 Å². The van der Waals surface area contributed by atoms with Gasteiger partial charge in [-0.15, -0.1) is 0 Å². The number of likely N-dealkylation sites (tertiary alicyclic amines) is 1. The van der Waals surface area contributed by atoms with E-state index in [4.69, 9.17) is 10.00 Å². The highest BCUT2D eigenvalue weighted by atomic mass is 16.5. The van der Waals surface area contributed by atoms with Gasteiger partial charge in [-0.3, -0.25) is 4.79 Å². The van der Waals surface area contributed by atoms with Gasteiger partial charge in [0.2, 0.25) is 0 Å². The molecule has 0 aliphatic carbocycles. The lowest BCUT2D eigenvalue weighted by Crippen LogP contribution is -3.16. The van der Waals surface area contributed by atoms with Crippen LogP contribution >= 0.6 is 0 Å². The van der Waals surface area contributed by atoms with E-state index in [-0.39, 0.29) is 12.5 Å². The maximum Gasteiger partial charge on any atom is 0.257 e. The van der Waals surface area contributed by atoms with E-state index in [0.717, 1.165) is 19.0 Å². The van der Waals surface area contributed by atoms with Crippen molar-refractivity contribution in [2.45, 2.75) is 38.6 Å². The largest absolute Gasteiger partial charge is 0.484 e. The Morgan fingerprint density at radius 3 is 2.87 bits per heavy atom. The van der Waals surface area contributed by atoms with Gasteiger partial charge < -0.3 is 15.0 Å². The Morgan fingerprint density at radius 1 is 1.39 bits per heavy atom. The van der Waals surface area contributed by atoms with Crippen molar-refractivity contribution in [1.82, 2.24) is 5.32 Å². The molecule has 1 unspecified atom stereocenters. The second-order valence-electron chi connectivity index (χ2n) is 6.18. The quantitative estimate of drug-likeness (QED) is 0.735. The van der Waals surface area contributed by atoms with Crippen LogP contribution in [0, 0.1) is 11.3 Å². The van der Waals surface area contributed by atoms with Gasteiger partial charge in [-0.1, -0.05) is 0 Å². The molecule has 0 radical (unpaired) electrons. The molecule has 1 fully saturated rings. The van der Waals surface area contributed by atoms with Gasteiger partial charge in [0.25, 0.3) is 5.91 Å². The number of piperidine rings is 1. The molecule has 1 aromatic rings. The van der Waals surface area contributed by atoms with E-state index in [9.17, 15) is 4.79 Å². The number of quaternary nitrogens is 1. The molecular formula is C18H26N3O2+. The first-order chi connectivity index (χ1) is 11.2. The summed E-state index contributed by atoms with van der Waals surface area (Å²) in [6.07, 6.45) is 5.00. The molecule has 23 heavy (non-hydrogen) atoms. The van der Waals surface area contributed by atoms with Crippen LogP contribution in [0.4, 0.5) is 0 Å². The molecule has 5 nitrogen and oxygen atoms in total. The fourth-order valence-corrected chi connectivity index (χ4v) is 2.99. The average Bonchev–Trinajstić information content (AvgIpc) is 2.59. The Labute approximate surface area is 138 Å². The van der Waals surface area contributed by atoms with Crippen LogP contribution in [0.25, 0.3) is 0 Å². The number of amides is 1. The van der Waals surface area contributed by atoms with Crippen molar-refractivity contribution in [3.63, 3.8) is 0 Å². The van der Waals surface area contributed by atoms with Crippen molar-refractivity contribution in [2.24, 2.45) is 0 Å². The lowest BCUT2D eigenvalue weighted by Gasteiger charge is -2.30. The number of ether oxygens (including phenoxy) is 1. The lowest BCUT2D eigenvalue weighted by molar-refractivity contribution is -0.928. The van der Waals surface area contributed by atoms with E-state index < -0.39 is 0 Å². The zero-order valence-electron chi connectivity index (χ0n) is 13.8. The molecule has 2 atom stereocenters. The molecule has 1 aliphatic heterocycles. The number of hydrogen-bond donors (Lipinski definition) is 2. The van der Waals surface area contributed by atoms with Crippen LogP contribution < -0.4 is 15.0 Å². The molecule has 2 N–H and O–H groups in total. The number of benzene rings is 1. The SMILES string of the molecule is C[C@@H]1CCCC[NH+]1CCCNC(=O)COc1ccc(C#N)cc1. The molecule has 1 aromatic carbocycles. The highest BCUT2D eigenvalue weighted by molar-refractivity contribution is 5.77. The molecule has 0 saturated carbocycles. The minimum Gasteiger partial charge on any atom is -0.484 e. The van der Waals surface area contributed by atoms with Gasteiger partial charge in [0, 0.05) is 13.0 Å². The summed E-state index contributed by atoms with van der Waals surface area (Å²) >= 11 is 0. The Kier molecular flexibility index (Phi) is 6.89. The van der Waals surface area contributed by atoms with Crippen LogP contribution in [-0.2, 0) is 4.79 Å². The minimum absolute atomic E-state index is 0.0128. The Bertz CT molecular complexity index is 536. The highest BCUT2D eigenvalue weighted by Gasteiger charge is 2.20. The fraction of sp³-hybridized carbons (Fsp3) is 0.556. The summed E-state index contributed by atoms with van der Waals surface area (Å²) in [5, 5.41) is 11.6. The number of hydrogen-bond acceptors (Lipinski definition) is 3. The molecule has 1 saturated heterocycles. The molecule has 5 heteroatoms. The van der Waals surface area contributed by atoms with Crippen molar-refractivity contribution in [3.05, 3.63) is 29.8 Å². The summed E-state index contributed by atoms with van der Waals surface area (Å²) in [5.41, 5.74) is 0.580. The first kappa shape index (κ1) is 17.3. The number of nitrogens with zero attached hydrogens (tertiary/aromatic N) is 1. The molecule has 0 aromatic heterocycles. The van der Waals surface area contributed by atoms with Gasteiger partial charge in [0.1, 0.15) is 5.75 Å². The van der Waals surface area contributed by atoms with E-state index >= 15 is 0 Å². The average molecular weight is 316 g/mol. The normalized spacial score (nSPS) is 20.5. The zero-order valence-corrected chi connectivity index (χ0v) is 13.8. The minimum atomic E-state index is -0.101. The van der Waals surface area contributed by atoms with Gasteiger partial charge in [-0.25, -0.2) is 0 Å². The molecule has 1 aliphatic rings. The maximum absolute atomic E-state index is 11.8. The first-order valence-corrected chi connectivity index (χ1v) is 8.43. The summed E-state index contributed by atoms with van der Waals surface area (Å²) in [7, 11) is 0. The molecular weight excluding hydrogens is 290 g/mol. The van der Waals surface area contributed by atoms with E-state index in [1.807, 2.05) is 6.07 Å². The monoisotopic (exact) mass is 316 g/mol. The van der Waals surface area contributed by atoms with E-state index in [1.54, 1.807) is 29.2 Å². The number of carbonyl (C=O) groups is 1. The number of carbonyl (C=O) groups excluding carboxylic acids is 1. The molecule has 124 valence electrons. The molecule has 0 spiro atoms. The van der Waals surface area contributed by atoms with Gasteiger partial charge in [-0.2, -0.15) is 5.26 Å². The second-order valence-corrected chi connectivity index (χ2v) is 6.18. The Morgan fingerprint density at radius 2 is 2.17 bits per heavy atom. The summed E-state index contributed by atoms with van der Waals surface area (Å²) in [4.78, 5) is 13.4. The number of nitrogens with one attached hydrogen (secondary N) is 2. The summed E-state index contributed by atoms with van der Waals surface area (Å²) < 4.78 is 5.40. The van der Waals surface area contributed by atoms with Crippen LogP contribution in [-0.4, -0.2) is 38.2 Å². The topological polar surface area (TPSA) is 66.6 Å². The number of nitriles is 1. The third kappa shape index (κ3) is 5.91. The third-order valence-electron chi connectivity index (χ3n) is 4.43. The first-order valence-electron chi connectivity index (χ1n) is 8.43. The molecule has 0 bridgehead atoms. The van der Waals surface area contributed by atoms with Crippen LogP contribution in [0.1, 0.15) is 38.2 Å². The van der Waals surface area contributed by atoms with Gasteiger partial charge >= 0.3 is 0 Å². The van der Waals surface area contributed by atoms with Crippen molar-refractivity contribution in [3.8, 4) is 11.8 Å². The Balaban J connectivity index is 1.58. The van der Waals surface area contributed by atoms with E-state index in [2.05, 4.69) is 12.2 Å². The molecule has 1 heterocycles. The molecule has 2 rings (SSSR count). The van der Waals surface area contributed by atoms with E-state index in [0.29, 0.717) is 17.9 Å². The van der Waals surface area contributed by atoms with E-state index in [1.165, 1.54) is 25.8 Å². The van der Waals surface area contributed by atoms with Crippen LogP contribution in [0.15, 0.2) is 24.3 Å². The van der Waals surface area contributed by atoms with Crippen LogP contribution in [0.3, 0.4) is 0 Å². The van der Waals surface area contributed by atoms with Crippen LogP contribution in [0.2, 0.25) is 0 Å². The maximum atomic E-state index is 11.8. The van der Waals surface area contributed by atoms with Crippen molar-refractivity contribution >= 4 is 5.91 Å². The predicted octanol–water partition coefficient (Wildman–Crippen LogP) is 0.901. The summed E-state index contributed by atoms with van der Waals surface area (Å²) in [5.74, 6) is 0.502. The summed E-state index contributed by atoms with van der Waals surface area (Å²) in [6, 6.07) is 9.55. The highest BCUT2D eigenvalue weighted by Crippen LogP contribution is 2.11. The Hall–Kier alpha value is -2.06. The third-order valence-corrected chi connectivity index (χ3v) is 4.43. The van der Waals surface area contributed by atoms with Crippen molar-refractivity contribution < 1.29 is 14.4 Å². The van der Waals surface area contributed by atoms with Crippen molar-refractivity contribution in [1.29, 1.82) is 5.26 Å². The van der Waals surface area contributed by atoms with Crippen LogP contribution in [0.5, 0.6) is 5.75 Å². The number of rotatable bonds is 7. The summed E-state index contributed by atoms with van der Waals surface area (Å²) in [6.45, 7) is 5.41. The second kappa shape index (κ2) is 9.16. The van der Waals surface area contributed by atoms with Gasteiger partial charge in [0.05, 0.1) is 30.8 Å². The zero-order chi connectivity index (χ0) is 16.5. The molecule has 1 amide bonds. The smallest absolute Gasteiger partial charge is 0.257 e.